The molecule has 0 fully saturated rings. The van der Waals surface area contributed by atoms with Crippen LogP contribution in [0.4, 0.5) is 5.82 Å². The number of nitrogens with zero attached hydrogens (tertiary/aromatic N) is 2. The Kier molecular flexibility index (Phi) is 3.72. The smallest absolute Gasteiger partial charge is 0.335 e. The Morgan fingerprint density at radius 2 is 2.06 bits per heavy atom. The number of aryl methyl sites for hydroxylation is 1. The van der Waals surface area contributed by atoms with E-state index in [4.69, 9.17) is 5.11 Å². The van der Waals surface area contributed by atoms with Crippen LogP contribution in [0.25, 0.3) is 0 Å². The minimum atomic E-state index is -0.980. The van der Waals surface area contributed by atoms with Gasteiger partial charge in [0.05, 0.1) is 17.7 Å². The number of rotatable bonds is 4. The van der Waals surface area contributed by atoms with Crippen LogP contribution in [0.5, 0.6) is 0 Å². The number of aromatic nitrogens is 1. The molecule has 94 valence electrons. The average molecular weight is 238 g/mol. The second kappa shape index (κ2) is 4.71. The van der Waals surface area contributed by atoms with Crippen molar-refractivity contribution >= 4 is 11.8 Å². The van der Waals surface area contributed by atoms with Crippen molar-refractivity contribution in [3.05, 3.63) is 23.4 Å². The lowest BCUT2D eigenvalue weighted by atomic mass is 10.0. The van der Waals surface area contributed by atoms with Crippen molar-refractivity contribution in [2.45, 2.75) is 26.3 Å². The zero-order chi connectivity index (χ0) is 13.2. The van der Waals surface area contributed by atoms with E-state index in [2.05, 4.69) is 4.98 Å². The summed E-state index contributed by atoms with van der Waals surface area (Å²) in [5, 5.41) is 18.3. The molecule has 0 atom stereocenters. The molecule has 5 heteroatoms. The summed E-state index contributed by atoms with van der Waals surface area (Å²) in [7, 11) is 1.78. The van der Waals surface area contributed by atoms with Crippen LogP contribution in [0.3, 0.4) is 0 Å². The topological polar surface area (TPSA) is 73.7 Å². The summed E-state index contributed by atoms with van der Waals surface area (Å²) in [5.74, 6) is -0.437. The maximum atomic E-state index is 11.0. The van der Waals surface area contributed by atoms with Crippen molar-refractivity contribution in [3.63, 3.8) is 0 Å². The quantitative estimate of drug-likeness (QED) is 0.827. The van der Waals surface area contributed by atoms with E-state index in [-0.39, 0.29) is 12.2 Å². The molecule has 0 unspecified atom stereocenters. The Morgan fingerprint density at radius 3 is 2.53 bits per heavy atom. The first-order valence-electron chi connectivity index (χ1n) is 5.34. The zero-order valence-electron chi connectivity index (χ0n) is 10.6. The lowest BCUT2D eigenvalue weighted by Gasteiger charge is -2.35. The summed E-state index contributed by atoms with van der Waals surface area (Å²) >= 11 is 0. The van der Waals surface area contributed by atoms with Gasteiger partial charge in [-0.05, 0) is 32.9 Å². The molecule has 5 nitrogen and oxygen atoms in total. The highest BCUT2D eigenvalue weighted by Crippen LogP contribution is 2.21. The number of aliphatic hydroxyl groups is 1. The Labute approximate surface area is 101 Å². The van der Waals surface area contributed by atoms with Crippen molar-refractivity contribution in [1.82, 2.24) is 4.98 Å². The number of pyridine rings is 1. The molecule has 0 saturated carbocycles. The lowest BCUT2D eigenvalue weighted by molar-refractivity contribution is 0.0696. The predicted molar refractivity (Wildman–Crippen MR) is 65.5 cm³/mol. The fourth-order valence-electron chi connectivity index (χ4n) is 1.36. The Bertz CT molecular complexity index is 430. The van der Waals surface area contributed by atoms with Crippen LogP contribution >= 0.6 is 0 Å². The first-order valence-corrected chi connectivity index (χ1v) is 5.34. The summed E-state index contributed by atoms with van der Waals surface area (Å²) in [6, 6.07) is 3.03. The number of carboxylic acid groups (broad SMARTS) is 1. The van der Waals surface area contributed by atoms with Crippen molar-refractivity contribution in [1.29, 1.82) is 0 Å². The van der Waals surface area contributed by atoms with E-state index >= 15 is 0 Å². The van der Waals surface area contributed by atoms with Gasteiger partial charge in [-0.3, -0.25) is 0 Å². The number of hydrogen-bond donors (Lipinski definition) is 2. The van der Waals surface area contributed by atoms with Gasteiger partial charge in [0.1, 0.15) is 5.82 Å². The van der Waals surface area contributed by atoms with E-state index in [1.165, 1.54) is 12.1 Å². The highest BCUT2D eigenvalue weighted by atomic mass is 16.4. The van der Waals surface area contributed by atoms with Gasteiger partial charge in [-0.15, -0.1) is 0 Å². The van der Waals surface area contributed by atoms with E-state index in [1.807, 2.05) is 13.8 Å². The number of likely N-dealkylation sites (N-methyl/N-ethyl adjacent to an activating group) is 1. The number of aliphatic hydroxyl groups excluding tert-OH is 1. The molecule has 0 radical (unpaired) electrons. The molecule has 0 aromatic carbocycles. The second-order valence-electron chi connectivity index (χ2n) is 4.69. The molecule has 0 aliphatic heterocycles. The molecule has 1 heterocycles. The molecular formula is C12H18N2O3. The monoisotopic (exact) mass is 238 g/mol. The normalized spacial score (nSPS) is 11.4. The van der Waals surface area contributed by atoms with Gasteiger partial charge in [-0.25, -0.2) is 9.78 Å². The van der Waals surface area contributed by atoms with Gasteiger partial charge in [-0.2, -0.15) is 0 Å². The van der Waals surface area contributed by atoms with Crippen molar-refractivity contribution in [3.8, 4) is 0 Å². The van der Waals surface area contributed by atoms with Crippen LogP contribution in [0.2, 0.25) is 0 Å². The highest BCUT2D eigenvalue weighted by Gasteiger charge is 2.24. The van der Waals surface area contributed by atoms with Crippen molar-refractivity contribution in [2.75, 3.05) is 18.6 Å². The van der Waals surface area contributed by atoms with Crippen molar-refractivity contribution in [2.24, 2.45) is 0 Å². The molecule has 0 aliphatic rings. The van der Waals surface area contributed by atoms with Crippen LogP contribution in [0.1, 0.15) is 29.9 Å². The first-order chi connectivity index (χ1) is 7.77. The molecule has 2 N–H and O–H groups in total. The molecule has 0 amide bonds. The molecule has 1 aromatic rings. The number of carboxylic acids is 1. The van der Waals surface area contributed by atoms with E-state index in [0.29, 0.717) is 11.5 Å². The third-order valence-electron chi connectivity index (χ3n) is 2.83. The second-order valence-corrected chi connectivity index (χ2v) is 4.69. The summed E-state index contributed by atoms with van der Waals surface area (Å²) in [6.45, 7) is 5.42. The van der Waals surface area contributed by atoms with Gasteiger partial charge in [-0.1, -0.05) is 0 Å². The number of aromatic carboxylic acids is 1. The number of carbonyl (C=O) groups is 1. The minimum absolute atomic E-state index is 0.0402. The molecule has 1 aromatic heterocycles. The Morgan fingerprint density at radius 1 is 1.47 bits per heavy atom. The molecule has 1 rings (SSSR count). The van der Waals surface area contributed by atoms with Gasteiger partial charge < -0.3 is 15.1 Å². The van der Waals surface area contributed by atoms with Gasteiger partial charge in [0.25, 0.3) is 0 Å². The summed E-state index contributed by atoms with van der Waals surface area (Å²) in [6.07, 6.45) is 0. The Hall–Kier alpha value is -1.62. The van der Waals surface area contributed by atoms with Crippen LogP contribution < -0.4 is 4.90 Å². The molecular weight excluding hydrogens is 220 g/mol. The fraction of sp³-hybridized carbons (Fsp3) is 0.500. The fourth-order valence-corrected chi connectivity index (χ4v) is 1.36. The molecule has 0 bridgehead atoms. The van der Waals surface area contributed by atoms with Crippen molar-refractivity contribution < 1.29 is 15.0 Å². The lowest BCUT2D eigenvalue weighted by Crippen LogP contribution is -2.45. The molecule has 0 saturated heterocycles. The minimum Gasteiger partial charge on any atom is -0.478 e. The van der Waals surface area contributed by atoms with Gasteiger partial charge in [0.2, 0.25) is 0 Å². The van der Waals surface area contributed by atoms with E-state index in [9.17, 15) is 9.90 Å². The largest absolute Gasteiger partial charge is 0.478 e. The maximum absolute atomic E-state index is 11.0. The van der Waals surface area contributed by atoms with Crippen LogP contribution in [-0.4, -0.2) is 40.4 Å². The van der Waals surface area contributed by atoms with E-state index in [0.717, 1.165) is 0 Å². The van der Waals surface area contributed by atoms with E-state index < -0.39 is 11.5 Å². The molecule has 0 spiro atoms. The SMILES string of the molecule is Cc1cc(C(=O)O)cc(N(C)C(C)(C)CO)n1. The molecule has 17 heavy (non-hydrogen) atoms. The van der Waals surface area contributed by atoms with E-state index in [1.54, 1.807) is 18.9 Å². The summed E-state index contributed by atoms with van der Waals surface area (Å²) in [5.41, 5.74) is 0.352. The third kappa shape index (κ3) is 2.94. The van der Waals surface area contributed by atoms with Crippen LogP contribution in [0.15, 0.2) is 12.1 Å². The Balaban J connectivity index is 3.18. The summed E-state index contributed by atoms with van der Waals surface area (Å²) < 4.78 is 0. The van der Waals surface area contributed by atoms with Gasteiger partial charge in [0, 0.05) is 12.7 Å². The van der Waals surface area contributed by atoms with Gasteiger partial charge in [0.15, 0.2) is 0 Å². The van der Waals surface area contributed by atoms with Crippen LogP contribution in [-0.2, 0) is 0 Å². The third-order valence-corrected chi connectivity index (χ3v) is 2.83. The average Bonchev–Trinajstić information content (AvgIpc) is 2.27. The summed E-state index contributed by atoms with van der Waals surface area (Å²) in [4.78, 5) is 17.0. The highest BCUT2D eigenvalue weighted by molar-refractivity contribution is 5.88. The molecule has 0 aliphatic carbocycles. The predicted octanol–water partition coefficient (Wildman–Crippen LogP) is 1.30. The first kappa shape index (κ1) is 13.4. The standard InChI is InChI=1S/C12H18N2O3/c1-8-5-9(11(16)17)6-10(13-8)14(4)12(2,3)7-15/h5-6,15H,7H2,1-4H3,(H,16,17). The maximum Gasteiger partial charge on any atom is 0.335 e. The van der Waals surface area contributed by atoms with Gasteiger partial charge >= 0.3 is 5.97 Å². The number of hydrogen-bond acceptors (Lipinski definition) is 4. The zero-order valence-corrected chi connectivity index (χ0v) is 10.6. The van der Waals surface area contributed by atoms with Crippen LogP contribution in [0, 0.1) is 6.92 Å². The number of anilines is 1.